The molecule has 0 aliphatic carbocycles. The third kappa shape index (κ3) is 12.7. The minimum Gasteiger partial charge on any atom is -0.395 e. The molecule has 0 unspecified atom stereocenters. The van der Waals surface area contributed by atoms with Gasteiger partial charge in [-0.05, 0) is 128 Å². The van der Waals surface area contributed by atoms with Crippen LogP contribution in [0.25, 0.3) is 0 Å². The molecule has 3 rings (SSSR count). The number of aliphatic hydroxyl groups is 2. The zero-order valence-corrected chi connectivity index (χ0v) is 26.3. The van der Waals surface area contributed by atoms with E-state index < -0.39 is 0 Å². The lowest BCUT2D eigenvalue weighted by Gasteiger charge is -2.54. The first-order valence-electron chi connectivity index (χ1n) is 14.3. The van der Waals surface area contributed by atoms with Crippen LogP contribution >= 0.6 is 0 Å². The van der Waals surface area contributed by atoms with E-state index in [1.807, 2.05) is 0 Å². The smallest absolute Gasteiger partial charge is 0.0575 e. The first-order chi connectivity index (χ1) is 15.9. The minimum atomic E-state index is -0.213. The van der Waals surface area contributed by atoms with Crippen molar-refractivity contribution in [3.63, 3.8) is 0 Å². The van der Waals surface area contributed by atoms with Gasteiger partial charge in [0.15, 0.2) is 0 Å². The Morgan fingerprint density at radius 1 is 0.676 bits per heavy atom. The van der Waals surface area contributed by atoms with E-state index in [1.165, 1.54) is 12.8 Å². The van der Waals surface area contributed by atoms with E-state index in [0.29, 0.717) is 23.7 Å². The van der Waals surface area contributed by atoms with Crippen LogP contribution in [0, 0.1) is 5.92 Å². The van der Waals surface area contributed by atoms with E-state index >= 15 is 0 Å². The van der Waals surface area contributed by atoms with Crippen LogP contribution in [-0.2, 0) is 0 Å². The van der Waals surface area contributed by atoms with Gasteiger partial charge in [0.25, 0.3) is 0 Å². The number of hydrogen-bond acceptors (Lipinski definition) is 6. The number of rotatable bonds is 2. The highest BCUT2D eigenvalue weighted by molar-refractivity contribution is 5.00. The van der Waals surface area contributed by atoms with Gasteiger partial charge in [0.05, 0.1) is 12.7 Å². The zero-order valence-electron chi connectivity index (χ0n) is 26.3. The van der Waals surface area contributed by atoms with Crippen molar-refractivity contribution in [3.8, 4) is 0 Å². The van der Waals surface area contributed by atoms with Crippen molar-refractivity contribution in [2.24, 2.45) is 11.7 Å². The molecule has 0 amide bonds. The predicted octanol–water partition coefficient (Wildman–Crippen LogP) is 5.45. The third-order valence-corrected chi connectivity index (χ3v) is 7.87. The summed E-state index contributed by atoms with van der Waals surface area (Å²) in [5, 5.41) is 26.1. The lowest BCUT2D eigenvalue weighted by Crippen LogP contribution is -2.62. The van der Waals surface area contributed by atoms with Crippen LogP contribution in [0.3, 0.4) is 0 Å². The molecule has 0 saturated carbocycles. The van der Waals surface area contributed by atoms with Crippen molar-refractivity contribution < 1.29 is 10.2 Å². The summed E-state index contributed by atoms with van der Waals surface area (Å²) in [5.41, 5.74) is 6.99. The molecular weight excluding hydrogens is 460 g/mol. The van der Waals surface area contributed by atoms with Crippen LogP contribution in [0.5, 0.6) is 0 Å². The molecule has 3 saturated heterocycles. The molecule has 37 heavy (non-hydrogen) atoms. The Kier molecular flexibility index (Phi) is 12.9. The molecule has 6 N–H and O–H groups in total. The average Bonchev–Trinajstić information content (AvgIpc) is 2.51. The molecule has 0 radical (unpaired) electrons. The SMILES string of the molecule is C.CC1(C)CC(N)CC(C)(C)N1.CC1(C)CC(O)CC(C)(C)N1CCO.CC1CC(C)(C)NC(C)(C)C1. The number of aliphatic hydroxyl groups excluding tert-OH is 2. The fourth-order valence-electron chi connectivity index (χ4n) is 8.20. The highest BCUT2D eigenvalue weighted by atomic mass is 16.3. The average molecular weight is 529 g/mol. The summed E-state index contributed by atoms with van der Waals surface area (Å²) in [7, 11) is 0. The van der Waals surface area contributed by atoms with Crippen molar-refractivity contribution >= 4 is 0 Å². The van der Waals surface area contributed by atoms with Gasteiger partial charge in [-0.25, -0.2) is 0 Å². The molecule has 0 atom stereocenters. The number of nitrogens with one attached hydrogen (secondary N) is 2. The normalized spacial score (nSPS) is 28.5. The lowest BCUT2D eigenvalue weighted by atomic mass is 9.77. The van der Waals surface area contributed by atoms with Gasteiger partial charge in [-0.2, -0.15) is 0 Å². The second-order valence-corrected chi connectivity index (χ2v) is 16.0. The lowest BCUT2D eigenvalue weighted by molar-refractivity contribution is -0.0858. The maximum atomic E-state index is 9.78. The molecule has 0 aromatic heterocycles. The van der Waals surface area contributed by atoms with E-state index in [4.69, 9.17) is 10.8 Å². The van der Waals surface area contributed by atoms with Crippen molar-refractivity contribution in [2.45, 2.75) is 181 Å². The van der Waals surface area contributed by atoms with Crippen molar-refractivity contribution in [1.82, 2.24) is 15.5 Å². The van der Waals surface area contributed by atoms with Gasteiger partial charge in [-0.15, -0.1) is 0 Å². The van der Waals surface area contributed by atoms with Gasteiger partial charge in [0, 0.05) is 45.8 Å². The Hall–Kier alpha value is -0.240. The first kappa shape index (κ1) is 36.8. The minimum absolute atomic E-state index is 0. The van der Waals surface area contributed by atoms with Crippen LogP contribution in [-0.4, -0.2) is 73.6 Å². The van der Waals surface area contributed by atoms with Gasteiger partial charge in [0.1, 0.15) is 0 Å². The van der Waals surface area contributed by atoms with Crippen LogP contribution in [0.2, 0.25) is 0 Å². The fraction of sp³-hybridized carbons (Fsp3) is 1.00. The highest BCUT2D eigenvalue weighted by Crippen LogP contribution is 2.38. The largest absolute Gasteiger partial charge is 0.395 e. The zero-order chi connectivity index (χ0) is 28.4. The molecule has 224 valence electrons. The molecule has 0 spiro atoms. The van der Waals surface area contributed by atoms with Crippen LogP contribution in [0.4, 0.5) is 0 Å². The number of likely N-dealkylation sites (tertiary alicyclic amines) is 1. The summed E-state index contributed by atoms with van der Waals surface area (Å²) in [6, 6.07) is 0.362. The monoisotopic (exact) mass is 529 g/mol. The van der Waals surface area contributed by atoms with E-state index in [9.17, 15) is 5.11 Å². The van der Waals surface area contributed by atoms with E-state index in [-0.39, 0.29) is 42.3 Å². The van der Waals surface area contributed by atoms with E-state index in [2.05, 4.69) is 106 Å². The van der Waals surface area contributed by atoms with Crippen molar-refractivity contribution in [2.75, 3.05) is 13.2 Å². The number of β-amino-alcohol motifs (C(OH)–C–C–N with tert-alkyl or cyclic N) is 1. The Morgan fingerprint density at radius 2 is 1.00 bits per heavy atom. The maximum absolute atomic E-state index is 9.78. The van der Waals surface area contributed by atoms with E-state index in [1.54, 1.807) is 0 Å². The number of piperidine rings is 3. The molecule has 0 aromatic rings. The van der Waals surface area contributed by atoms with Gasteiger partial charge in [-0.3, -0.25) is 4.90 Å². The van der Waals surface area contributed by atoms with Crippen LogP contribution < -0.4 is 16.4 Å². The first-order valence-corrected chi connectivity index (χ1v) is 14.3. The second-order valence-electron chi connectivity index (χ2n) is 16.0. The van der Waals surface area contributed by atoms with Gasteiger partial charge in [-0.1, -0.05) is 14.4 Å². The fourth-order valence-corrected chi connectivity index (χ4v) is 8.20. The summed E-state index contributed by atoms with van der Waals surface area (Å²) in [6.45, 7) is 29.8. The predicted molar refractivity (Wildman–Crippen MR) is 162 cm³/mol. The molecule has 3 aliphatic heterocycles. The highest BCUT2D eigenvalue weighted by Gasteiger charge is 2.44. The Balaban J connectivity index is 0.000000524. The summed E-state index contributed by atoms with van der Waals surface area (Å²) >= 11 is 0. The molecule has 3 heterocycles. The number of hydrogen-bond donors (Lipinski definition) is 5. The molecule has 3 fully saturated rings. The Bertz CT molecular complexity index is 599. The van der Waals surface area contributed by atoms with Crippen LogP contribution in [0.1, 0.15) is 136 Å². The quantitative estimate of drug-likeness (QED) is 0.327. The second kappa shape index (κ2) is 13.0. The molecule has 6 nitrogen and oxygen atoms in total. The molecule has 3 aliphatic rings. The molecular formula is C31H68N4O2. The summed E-state index contributed by atoms with van der Waals surface area (Å²) < 4.78 is 0. The summed E-state index contributed by atoms with van der Waals surface area (Å²) in [5.74, 6) is 0.862. The van der Waals surface area contributed by atoms with Crippen LogP contribution in [0.15, 0.2) is 0 Å². The molecule has 0 bridgehead atoms. The summed E-state index contributed by atoms with van der Waals surface area (Å²) in [6.07, 6.45) is 6.13. The number of nitrogens with two attached hydrogens (primary N) is 1. The van der Waals surface area contributed by atoms with Gasteiger partial charge in [0.2, 0.25) is 0 Å². The third-order valence-electron chi connectivity index (χ3n) is 7.87. The van der Waals surface area contributed by atoms with Crippen molar-refractivity contribution in [1.29, 1.82) is 0 Å². The standard InChI is InChI=1S/C11H23NO2.C10H21N.C9H20N2.CH4/c1-10(2)7-9(14)8-11(3,4)12(10)5-6-13;1-8-6-9(2,3)11-10(4,5)7-8;1-8(2)5-7(10)6-9(3,4)11-8;/h9,13-14H,5-8H2,1-4H3;8,11H,6-7H2,1-5H3;7,11H,5-6,10H2,1-4H3;1H4. The maximum Gasteiger partial charge on any atom is 0.0575 e. The van der Waals surface area contributed by atoms with E-state index in [0.717, 1.165) is 31.6 Å². The summed E-state index contributed by atoms with van der Waals surface area (Å²) in [4.78, 5) is 2.30. The topological polar surface area (TPSA) is 93.8 Å². The number of nitrogens with zero attached hydrogens (tertiary/aromatic N) is 1. The molecule has 6 heteroatoms. The Morgan fingerprint density at radius 3 is 1.27 bits per heavy atom. The van der Waals surface area contributed by atoms with Gasteiger partial charge < -0.3 is 26.6 Å². The van der Waals surface area contributed by atoms with Crippen molar-refractivity contribution in [3.05, 3.63) is 0 Å². The molecule has 0 aromatic carbocycles. The van der Waals surface area contributed by atoms with Gasteiger partial charge >= 0.3 is 0 Å². The Labute approximate surface area is 231 Å².